The minimum absolute atomic E-state index is 0.126. The molecule has 0 atom stereocenters. The van der Waals surface area contributed by atoms with Crippen molar-refractivity contribution >= 4 is 52.1 Å². The zero-order valence-electron chi connectivity index (χ0n) is 10.3. The van der Waals surface area contributed by atoms with Crippen LogP contribution >= 0.6 is 34.8 Å². The fourth-order valence-electron chi connectivity index (χ4n) is 1.53. The largest absolute Gasteiger partial charge is 0.376 e. The van der Waals surface area contributed by atoms with Gasteiger partial charge in [0, 0.05) is 16.4 Å². The highest BCUT2D eigenvalue weighted by molar-refractivity contribution is 6.42. The zero-order valence-corrected chi connectivity index (χ0v) is 12.6. The van der Waals surface area contributed by atoms with E-state index in [0.717, 1.165) is 5.69 Å². The number of anilines is 2. The molecule has 0 heterocycles. The van der Waals surface area contributed by atoms with Gasteiger partial charge in [0.15, 0.2) is 0 Å². The van der Waals surface area contributed by atoms with Crippen LogP contribution in [0.2, 0.25) is 15.1 Å². The van der Waals surface area contributed by atoms with Gasteiger partial charge in [-0.25, -0.2) is 0 Å². The maximum Gasteiger partial charge on any atom is 0.243 e. The summed E-state index contributed by atoms with van der Waals surface area (Å²) in [6.45, 7) is 0.126. The van der Waals surface area contributed by atoms with Crippen LogP contribution in [0.15, 0.2) is 42.5 Å². The molecule has 2 aromatic rings. The number of nitrogens with one attached hydrogen (secondary N) is 2. The van der Waals surface area contributed by atoms with Gasteiger partial charge in [-0.05, 0) is 42.5 Å². The van der Waals surface area contributed by atoms with Crippen molar-refractivity contribution < 1.29 is 4.79 Å². The number of carbonyl (C=O) groups is 1. The molecule has 1 amide bonds. The summed E-state index contributed by atoms with van der Waals surface area (Å²) in [5, 5.41) is 7.25. The molecule has 0 aliphatic carbocycles. The van der Waals surface area contributed by atoms with Crippen molar-refractivity contribution in [2.75, 3.05) is 17.2 Å². The van der Waals surface area contributed by atoms with E-state index in [1.54, 1.807) is 42.5 Å². The first-order valence-electron chi connectivity index (χ1n) is 5.79. The van der Waals surface area contributed by atoms with Gasteiger partial charge in [-0.15, -0.1) is 0 Å². The average molecular weight is 330 g/mol. The smallest absolute Gasteiger partial charge is 0.243 e. The van der Waals surface area contributed by atoms with E-state index in [1.165, 1.54) is 0 Å². The second-order valence-corrected chi connectivity index (χ2v) is 5.29. The Kier molecular flexibility index (Phi) is 5.12. The Morgan fingerprint density at radius 2 is 1.55 bits per heavy atom. The average Bonchev–Trinajstić information content (AvgIpc) is 2.43. The maximum absolute atomic E-state index is 11.8. The standard InChI is InChI=1S/C14H11Cl3N2O/c15-9-1-3-10(4-2-9)19-14(20)8-18-11-5-6-12(16)13(17)7-11/h1-7,18H,8H2,(H,19,20). The number of halogens is 3. The third-order valence-corrected chi connectivity index (χ3v) is 3.49. The number of amides is 1. The Bertz CT molecular complexity index is 614. The quantitative estimate of drug-likeness (QED) is 0.854. The lowest BCUT2D eigenvalue weighted by Gasteiger charge is -2.08. The highest BCUT2D eigenvalue weighted by Gasteiger charge is 2.04. The summed E-state index contributed by atoms with van der Waals surface area (Å²) in [5.41, 5.74) is 1.42. The monoisotopic (exact) mass is 328 g/mol. The van der Waals surface area contributed by atoms with Crippen LogP contribution in [0.5, 0.6) is 0 Å². The molecule has 104 valence electrons. The molecular formula is C14H11Cl3N2O. The van der Waals surface area contributed by atoms with E-state index in [2.05, 4.69) is 10.6 Å². The number of carbonyl (C=O) groups excluding carboxylic acids is 1. The predicted molar refractivity (Wildman–Crippen MR) is 85.0 cm³/mol. The summed E-state index contributed by atoms with van der Waals surface area (Å²) < 4.78 is 0. The second-order valence-electron chi connectivity index (χ2n) is 4.04. The number of benzene rings is 2. The molecule has 0 unspecified atom stereocenters. The van der Waals surface area contributed by atoms with Crippen molar-refractivity contribution in [2.24, 2.45) is 0 Å². The normalized spacial score (nSPS) is 10.2. The Hall–Kier alpha value is -1.42. The molecule has 0 radical (unpaired) electrons. The molecule has 0 aromatic heterocycles. The first-order valence-corrected chi connectivity index (χ1v) is 6.92. The van der Waals surface area contributed by atoms with E-state index in [1.807, 2.05) is 0 Å². The molecule has 0 spiro atoms. The van der Waals surface area contributed by atoms with Gasteiger partial charge in [0.2, 0.25) is 5.91 Å². The Morgan fingerprint density at radius 1 is 0.900 bits per heavy atom. The minimum atomic E-state index is -0.168. The minimum Gasteiger partial charge on any atom is -0.376 e. The Balaban J connectivity index is 1.88. The number of hydrogen-bond donors (Lipinski definition) is 2. The van der Waals surface area contributed by atoms with Gasteiger partial charge in [0.25, 0.3) is 0 Å². The maximum atomic E-state index is 11.8. The first kappa shape index (κ1) is 15.0. The van der Waals surface area contributed by atoms with Crippen molar-refractivity contribution in [3.63, 3.8) is 0 Å². The van der Waals surface area contributed by atoms with E-state index in [-0.39, 0.29) is 12.5 Å². The molecule has 0 saturated carbocycles. The van der Waals surface area contributed by atoms with Gasteiger partial charge in [0.05, 0.1) is 16.6 Å². The van der Waals surface area contributed by atoms with Crippen LogP contribution in [-0.2, 0) is 4.79 Å². The van der Waals surface area contributed by atoms with Crippen LogP contribution in [-0.4, -0.2) is 12.5 Å². The Labute approximate surface area is 131 Å². The molecule has 2 aromatic carbocycles. The lowest BCUT2D eigenvalue weighted by Crippen LogP contribution is -2.21. The molecule has 0 aliphatic rings. The summed E-state index contributed by atoms with van der Waals surface area (Å²) in [6.07, 6.45) is 0. The van der Waals surface area contributed by atoms with Crippen LogP contribution in [0.25, 0.3) is 0 Å². The molecule has 0 aliphatic heterocycles. The summed E-state index contributed by atoms with van der Waals surface area (Å²) in [7, 11) is 0. The highest BCUT2D eigenvalue weighted by Crippen LogP contribution is 2.24. The van der Waals surface area contributed by atoms with E-state index in [0.29, 0.717) is 20.8 Å². The van der Waals surface area contributed by atoms with Crippen LogP contribution in [0.1, 0.15) is 0 Å². The number of hydrogen-bond acceptors (Lipinski definition) is 2. The summed E-state index contributed by atoms with van der Waals surface area (Å²) in [6, 6.07) is 12.0. The van der Waals surface area contributed by atoms with Crippen molar-refractivity contribution in [3.05, 3.63) is 57.5 Å². The van der Waals surface area contributed by atoms with Crippen molar-refractivity contribution in [2.45, 2.75) is 0 Å². The fourth-order valence-corrected chi connectivity index (χ4v) is 1.95. The van der Waals surface area contributed by atoms with Gasteiger partial charge in [0.1, 0.15) is 0 Å². The highest BCUT2D eigenvalue weighted by atomic mass is 35.5. The van der Waals surface area contributed by atoms with Crippen LogP contribution in [0.4, 0.5) is 11.4 Å². The van der Waals surface area contributed by atoms with Crippen LogP contribution in [0.3, 0.4) is 0 Å². The SMILES string of the molecule is O=C(CNc1ccc(Cl)c(Cl)c1)Nc1ccc(Cl)cc1. The zero-order chi connectivity index (χ0) is 14.5. The van der Waals surface area contributed by atoms with Gasteiger partial charge in [-0.2, -0.15) is 0 Å². The van der Waals surface area contributed by atoms with E-state index < -0.39 is 0 Å². The molecule has 6 heteroatoms. The van der Waals surface area contributed by atoms with Crippen LogP contribution in [0, 0.1) is 0 Å². The molecule has 2 rings (SSSR count). The van der Waals surface area contributed by atoms with Gasteiger partial charge >= 0.3 is 0 Å². The lowest BCUT2D eigenvalue weighted by molar-refractivity contribution is -0.114. The van der Waals surface area contributed by atoms with Gasteiger partial charge in [-0.3, -0.25) is 4.79 Å². The fraction of sp³-hybridized carbons (Fsp3) is 0.0714. The number of rotatable bonds is 4. The second kappa shape index (κ2) is 6.84. The molecular weight excluding hydrogens is 319 g/mol. The summed E-state index contributed by atoms with van der Waals surface area (Å²) >= 11 is 17.5. The van der Waals surface area contributed by atoms with Crippen molar-refractivity contribution in [1.29, 1.82) is 0 Å². The predicted octanol–water partition coefficient (Wildman–Crippen LogP) is 4.70. The molecule has 2 N–H and O–H groups in total. The molecule has 0 bridgehead atoms. The third-order valence-electron chi connectivity index (χ3n) is 2.50. The van der Waals surface area contributed by atoms with Gasteiger partial charge in [-0.1, -0.05) is 34.8 Å². The van der Waals surface area contributed by atoms with Crippen LogP contribution < -0.4 is 10.6 Å². The van der Waals surface area contributed by atoms with E-state index in [4.69, 9.17) is 34.8 Å². The van der Waals surface area contributed by atoms with Crippen molar-refractivity contribution in [1.82, 2.24) is 0 Å². The topological polar surface area (TPSA) is 41.1 Å². The van der Waals surface area contributed by atoms with E-state index in [9.17, 15) is 4.79 Å². The molecule has 3 nitrogen and oxygen atoms in total. The van der Waals surface area contributed by atoms with Gasteiger partial charge < -0.3 is 10.6 Å². The molecule has 0 fully saturated rings. The molecule has 20 heavy (non-hydrogen) atoms. The summed E-state index contributed by atoms with van der Waals surface area (Å²) in [5.74, 6) is -0.168. The lowest BCUT2D eigenvalue weighted by atomic mass is 10.3. The van der Waals surface area contributed by atoms with Crippen molar-refractivity contribution in [3.8, 4) is 0 Å². The third kappa shape index (κ3) is 4.30. The summed E-state index contributed by atoms with van der Waals surface area (Å²) in [4.78, 5) is 11.8. The first-order chi connectivity index (χ1) is 9.54. The van der Waals surface area contributed by atoms with E-state index >= 15 is 0 Å². The Morgan fingerprint density at radius 3 is 2.20 bits per heavy atom. The molecule has 0 saturated heterocycles.